The summed E-state index contributed by atoms with van der Waals surface area (Å²) in [6, 6.07) is 7.96. The van der Waals surface area contributed by atoms with Gasteiger partial charge in [0, 0.05) is 26.6 Å². The van der Waals surface area contributed by atoms with Crippen LogP contribution in [0.3, 0.4) is 0 Å². The van der Waals surface area contributed by atoms with Crippen LogP contribution in [0.1, 0.15) is 58.4 Å². The summed E-state index contributed by atoms with van der Waals surface area (Å²) in [5.41, 5.74) is 0.774. The van der Waals surface area contributed by atoms with E-state index in [-0.39, 0.29) is 29.9 Å². The first-order valence-corrected chi connectivity index (χ1v) is 9.63. The summed E-state index contributed by atoms with van der Waals surface area (Å²) in [7, 11) is 3.43. The molecule has 0 spiro atoms. The Kier molecular flexibility index (Phi) is 13.7. The summed E-state index contributed by atoms with van der Waals surface area (Å²) in [6.07, 6.45) is 4.51. The van der Waals surface area contributed by atoms with Crippen molar-refractivity contribution in [3.63, 3.8) is 0 Å². The molecule has 0 heterocycles. The number of nitrogens with zero attached hydrogens (tertiary/aromatic N) is 1. The van der Waals surface area contributed by atoms with Gasteiger partial charge in [-0.2, -0.15) is 0 Å². The standard InChI is InChI=1S/C21H35N3O3.HI/c1-21(2,3)27-19(25)10-8-6-7-9-15-23-20(22-4)24-16-17-11-13-18(26-5)14-12-17;/h11-14H,6-10,15-16H2,1-5H3,(H2,22,23,24);1H. The van der Waals surface area contributed by atoms with E-state index in [1.165, 1.54) is 5.56 Å². The van der Waals surface area contributed by atoms with Gasteiger partial charge in [0.05, 0.1) is 7.11 Å². The summed E-state index contributed by atoms with van der Waals surface area (Å²) in [4.78, 5) is 15.9. The number of guanidine groups is 1. The molecule has 1 aromatic carbocycles. The molecule has 0 aliphatic heterocycles. The monoisotopic (exact) mass is 505 g/mol. The molecule has 0 atom stereocenters. The number of carbonyl (C=O) groups excluding carboxylic acids is 1. The van der Waals surface area contributed by atoms with Gasteiger partial charge in [-0.05, 0) is 51.3 Å². The van der Waals surface area contributed by atoms with E-state index in [1.807, 2.05) is 45.0 Å². The number of hydrogen-bond donors (Lipinski definition) is 2. The SMILES string of the molecule is CN=C(NCCCCCCC(=O)OC(C)(C)C)NCc1ccc(OC)cc1.I. The zero-order chi connectivity index (χ0) is 20.1. The van der Waals surface area contributed by atoms with Gasteiger partial charge >= 0.3 is 5.97 Å². The van der Waals surface area contributed by atoms with Crippen molar-refractivity contribution < 1.29 is 14.3 Å². The highest BCUT2D eigenvalue weighted by atomic mass is 127. The molecule has 0 radical (unpaired) electrons. The molecule has 1 aromatic rings. The average Bonchev–Trinajstić information content (AvgIpc) is 2.62. The highest BCUT2D eigenvalue weighted by Crippen LogP contribution is 2.12. The number of unbranched alkanes of at least 4 members (excludes halogenated alkanes) is 3. The Morgan fingerprint density at radius 1 is 1.04 bits per heavy atom. The maximum atomic E-state index is 11.6. The summed E-state index contributed by atoms with van der Waals surface area (Å²) in [5.74, 6) is 1.54. The Bertz CT molecular complexity index is 584. The fraction of sp³-hybridized carbons (Fsp3) is 0.619. The molecule has 6 nitrogen and oxygen atoms in total. The molecule has 0 saturated carbocycles. The van der Waals surface area contributed by atoms with Crippen LogP contribution in [0.15, 0.2) is 29.3 Å². The van der Waals surface area contributed by atoms with Gasteiger partial charge in [-0.25, -0.2) is 0 Å². The molecule has 7 heteroatoms. The number of methoxy groups -OCH3 is 1. The summed E-state index contributed by atoms with van der Waals surface area (Å²) >= 11 is 0. The van der Waals surface area contributed by atoms with Crippen molar-refractivity contribution in [2.24, 2.45) is 4.99 Å². The van der Waals surface area contributed by atoms with Crippen LogP contribution in [0.4, 0.5) is 0 Å². The molecule has 0 fully saturated rings. The Balaban J connectivity index is 0.00000729. The number of ether oxygens (including phenoxy) is 2. The first-order chi connectivity index (χ1) is 12.8. The zero-order valence-electron chi connectivity index (χ0n) is 17.8. The van der Waals surface area contributed by atoms with Crippen molar-refractivity contribution in [1.29, 1.82) is 0 Å². The topological polar surface area (TPSA) is 72.0 Å². The molecule has 0 aliphatic carbocycles. The summed E-state index contributed by atoms with van der Waals surface area (Å²) < 4.78 is 10.5. The Labute approximate surface area is 186 Å². The molecule has 0 saturated heterocycles. The van der Waals surface area contributed by atoms with E-state index in [4.69, 9.17) is 9.47 Å². The highest BCUT2D eigenvalue weighted by molar-refractivity contribution is 14.0. The predicted octanol–water partition coefficient (Wildman–Crippen LogP) is 4.27. The van der Waals surface area contributed by atoms with E-state index in [2.05, 4.69) is 15.6 Å². The fourth-order valence-corrected chi connectivity index (χ4v) is 2.50. The third-order valence-corrected chi connectivity index (χ3v) is 3.86. The van der Waals surface area contributed by atoms with Gasteiger partial charge in [-0.15, -0.1) is 24.0 Å². The summed E-state index contributed by atoms with van der Waals surface area (Å²) in [5, 5.41) is 6.61. The van der Waals surface area contributed by atoms with Crippen LogP contribution in [-0.2, 0) is 16.1 Å². The molecule has 1 rings (SSSR count). The van der Waals surface area contributed by atoms with Gasteiger partial charge in [0.15, 0.2) is 5.96 Å². The van der Waals surface area contributed by atoms with Crippen molar-refractivity contribution >= 4 is 35.9 Å². The number of halogens is 1. The quantitative estimate of drug-likeness (QED) is 0.163. The minimum Gasteiger partial charge on any atom is -0.497 e. The second-order valence-corrected chi connectivity index (χ2v) is 7.45. The zero-order valence-corrected chi connectivity index (χ0v) is 20.2. The molecular formula is C21H36IN3O3. The van der Waals surface area contributed by atoms with Crippen molar-refractivity contribution in [3.8, 4) is 5.75 Å². The van der Waals surface area contributed by atoms with Crippen LogP contribution >= 0.6 is 24.0 Å². The Hall–Kier alpha value is -1.51. The van der Waals surface area contributed by atoms with Gasteiger partial charge < -0.3 is 20.1 Å². The van der Waals surface area contributed by atoms with E-state index >= 15 is 0 Å². The first kappa shape index (κ1) is 26.5. The molecular weight excluding hydrogens is 469 g/mol. The molecule has 2 N–H and O–H groups in total. The fourth-order valence-electron chi connectivity index (χ4n) is 2.50. The van der Waals surface area contributed by atoms with Gasteiger partial charge in [-0.1, -0.05) is 25.0 Å². The lowest BCUT2D eigenvalue weighted by Crippen LogP contribution is -2.37. The lowest BCUT2D eigenvalue weighted by Gasteiger charge is -2.19. The van der Waals surface area contributed by atoms with E-state index in [0.29, 0.717) is 13.0 Å². The van der Waals surface area contributed by atoms with Crippen LogP contribution in [0.2, 0.25) is 0 Å². The minimum atomic E-state index is -0.393. The number of esters is 1. The van der Waals surface area contributed by atoms with E-state index < -0.39 is 5.60 Å². The molecule has 0 unspecified atom stereocenters. The van der Waals surface area contributed by atoms with Crippen molar-refractivity contribution in [3.05, 3.63) is 29.8 Å². The highest BCUT2D eigenvalue weighted by Gasteiger charge is 2.15. The van der Waals surface area contributed by atoms with Crippen molar-refractivity contribution in [1.82, 2.24) is 10.6 Å². The smallest absolute Gasteiger partial charge is 0.306 e. The maximum absolute atomic E-state index is 11.6. The molecule has 0 aromatic heterocycles. The Morgan fingerprint density at radius 3 is 2.25 bits per heavy atom. The average molecular weight is 505 g/mol. The number of carbonyl (C=O) groups is 1. The van der Waals surface area contributed by atoms with E-state index in [1.54, 1.807) is 14.2 Å². The van der Waals surface area contributed by atoms with Gasteiger partial charge in [-0.3, -0.25) is 9.79 Å². The van der Waals surface area contributed by atoms with Gasteiger partial charge in [0.2, 0.25) is 0 Å². The second-order valence-electron chi connectivity index (χ2n) is 7.45. The van der Waals surface area contributed by atoms with E-state index in [0.717, 1.165) is 43.9 Å². The van der Waals surface area contributed by atoms with Crippen molar-refractivity contribution in [2.75, 3.05) is 20.7 Å². The predicted molar refractivity (Wildman–Crippen MR) is 126 cm³/mol. The molecule has 28 heavy (non-hydrogen) atoms. The first-order valence-electron chi connectivity index (χ1n) is 9.63. The number of rotatable bonds is 10. The normalized spacial score (nSPS) is 11.4. The minimum absolute atomic E-state index is 0. The van der Waals surface area contributed by atoms with Crippen LogP contribution in [-0.4, -0.2) is 38.2 Å². The van der Waals surface area contributed by atoms with Crippen LogP contribution < -0.4 is 15.4 Å². The number of nitrogens with one attached hydrogen (secondary N) is 2. The molecule has 0 aliphatic rings. The molecule has 0 amide bonds. The number of aliphatic imine (C=N–C) groups is 1. The van der Waals surface area contributed by atoms with Gasteiger partial charge in [0.25, 0.3) is 0 Å². The maximum Gasteiger partial charge on any atom is 0.306 e. The lowest BCUT2D eigenvalue weighted by atomic mass is 10.1. The largest absolute Gasteiger partial charge is 0.497 e. The lowest BCUT2D eigenvalue weighted by molar-refractivity contribution is -0.154. The van der Waals surface area contributed by atoms with Gasteiger partial charge in [0.1, 0.15) is 11.4 Å². The Morgan fingerprint density at radius 2 is 1.68 bits per heavy atom. The molecule has 0 bridgehead atoms. The number of hydrogen-bond acceptors (Lipinski definition) is 4. The number of benzene rings is 1. The summed E-state index contributed by atoms with van der Waals surface area (Å²) in [6.45, 7) is 7.25. The van der Waals surface area contributed by atoms with Crippen molar-refractivity contribution in [2.45, 2.75) is 65.0 Å². The van der Waals surface area contributed by atoms with Crippen LogP contribution in [0.5, 0.6) is 5.75 Å². The second kappa shape index (κ2) is 14.5. The van der Waals surface area contributed by atoms with Crippen LogP contribution in [0, 0.1) is 0 Å². The molecule has 160 valence electrons. The van der Waals surface area contributed by atoms with E-state index in [9.17, 15) is 4.79 Å². The van der Waals surface area contributed by atoms with Crippen LogP contribution in [0.25, 0.3) is 0 Å². The third kappa shape index (κ3) is 12.8. The third-order valence-electron chi connectivity index (χ3n) is 3.86.